The van der Waals surface area contributed by atoms with Gasteiger partial charge in [-0.1, -0.05) is 18.2 Å². The molecule has 1 N–H and O–H groups in total. The molecule has 0 saturated heterocycles. The van der Waals surface area contributed by atoms with Gasteiger partial charge in [0.15, 0.2) is 0 Å². The molecule has 1 amide bonds. The zero-order valence-electron chi connectivity index (χ0n) is 14.7. The van der Waals surface area contributed by atoms with Crippen molar-refractivity contribution < 1.29 is 22.7 Å². The Morgan fingerprint density at radius 1 is 1.23 bits per heavy atom. The van der Waals surface area contributed by atoms with Gasteiger partial charge in [-0.3, -0.25) is 9.78 Å². The largest absolute Gasteiger partial charge is 0.496 e. The zero-order chi connectivity index (χ0) is 19.3. The standard InChI is InChI=1S/C18H20F3N3O2/c1-24(2)14(13-6-4-5-7-15(13)26-3)11-23-17(25)12-8-9-16(22-10-12)18(19,20)21/h4-10,14H,11H2,1-3H3,(H,23,25). The molecular weight excluding hydrogens is 347 g/mol. The highest BCUT2D eigenvalue weighted by atomic mass is 19.4. The fraction of sp³-hybridized carbons (Fsp3) is 0.333. The number of aromatic nitrogens is 1. The summed E-state index contributed by atoms with van der Waals surface area (Å²) in [6, 6.07) is 9.18. The summed E-state index contributed by atoms with van der Waals surface area (Å²) >= 11 is 0. The number of halogens is 3. The van der Waals surface area contributed by atoms with Crippen molar-refractivity contribution in [2.45, 2.75) is 12.2 Å². The van der Waals surface area contributed by atoms with Crippen molar-refractivity contribution >= 4 is 5.91 Å². The molecule has 1 unspecified atom stereocenters. The SMILES string of the molecule is COc1ccccc1C(CNC(=O)c1ccc(C(F)(F)F)nc1)N(C)C. The van der Waals surface area contributed by atoms with E-state index in [-0.39, 0.29) is 18.2 Å². The van der Waals surface area contributed by atoms with Gasteiger partial charge in [-0.2, -0.15) is 13.2 Å². The Labute approximate surface area is 149 Å². The first-order valence-corrected chi connectivity index (χ1v) is 7.85. The average Bonchev–Trinajstić information content (AvgIpc) is 2.61. The number of carbonyl (C=O) groups excluding carboxylic acids is 1. The smallest absolute Gasteiger partial charge is 0.433 e. The maximum atomic E-state index is 12.5. The molecule has 2 rings (SSSR count). The number of pyridine rings is 1. The van der Waals surface area contributed by atoms with Crippen LogP contribution in [0.25, 0.3) is 0 Å². The average molecular weight is 367 g/mol. The highest BCUT2D eigenvalue weighted by Crippen LogP contribution is 2.28. The lowest BCUT2D eigenvalue weighted by molar-refractivity contribution is -0.141. The maximum absolute atomic E-state index is 12.5. The van der Waals surface area contributed by atoms with Gasteiger partial charge in [0.1, 0.15) is 11.4 Å². The Morgan fingerprint density at radius 3 is 2.46 bits per heavy atom. The van der Waals surface area contributed by atoms with Gasteiger partial charge in [-0.05, 0) is 32.3 Å². The van der Waals surface area contributed by atoms with E-state index in [0.717, 1.165) is 23.9 Å². The molecule has 0 aliphatic carbocycles. The molecule has 5 nitrogen and oxygen atoms in total. The van der Waals surface area contributed by atoms with E-state index < -0.39 is 17.8 Å². The minimum atomic E-state index is -4.53. The van der Waals surface area contributed by atoms with Gasteiger partial charge < -0.3 is 15.0 Å². The Balaban J connectivity index is 2.10. The summed E-state index contributed by atoms with van der Waals surface area (Å²) in [6.45, 7) is 0.257. The first-order valence-electron chi connectivity index (χ1n) is 7.85. The van der Waals surface area contributed by atoms with Gasteiger partial charge in [-0.15, -0.1) is 0 Å². The molecule has 2 aromatic rings. The highest BCUT2D eigenvalue weighted by Gasteiger charge is 2.32. The van der Waals surface area contributed by atoms with E-state index in [9.17, 15) is 18.0 Å². The third-order valence-electron chi connectivity index (χ3n) is 3.89. The number of likely N-dealkylation sites (N-methyl/N-ethyl adjacent to an activating group) is 1. The number of benzene rings is 1. The van der Waals surface area contributed by atoms with Crippen molar-refractivity contribution in [1.82, 2.24) is 15.2 Å². The van der Waals surface area contributed by atoms with Crippen LogP contribution in [0.4, 0.5) is 13.2 Å². The molecule has 0 fully saturated rings. The maximum Gasteiger partial charge on any atom is 0.433 e. The number of methoxy groups -OCH3 is 1. The number of para-hydroxylation sites is 1. The summed E-state index contributed by atoms with van der Waals surface area (Å²) in [6.07, 6.45) is -3.61. The number of rotatable bonds is 6. The third kappa shape index (κ3) is 4.72. The van der Waals surface area contributed by atoms with E-state index in [1.807, 2.05) is 43.3 Å². The molecule has 0 saturated carbocycles. The van der Waals surface area contributed by atoms with E-state index in [1.54, 1.807) is 7.11 Å². The molecule has 1 atom stereocenters. The molecule has 140 valence electrons. The second-order valence-corrected chi connectivity index (χ2v) is 5.86. The molecule has 8 heteroatoms. The van der Waals surface area contributed by atoms with Gasteiger partial charge in [0.2, 0.25) is 0 Å². The Kier molecular flexibility index (Phi) is 6.20. The molecule has 1 heterocycles. The minimum Gasteiger partial charge on any atom is -0.496 e. The quantitative estimate of drug-likeness (QED) is 0.852. The number of alkyl halides is 3. The first-order chi connectivity index (χ1) is 12.2. The molecule has 0 radical (unpaired) electrons. The van der Waals surface area contributed by atoms with Gasteiger partial charge in [0, 0.05) is 18.3 Å². The first kappa shape index (κ1) is 19.7. The van der Waals surface area contributed by atoms with E-state index in [1.165, 1.54) is 0 Å². The number of ether oxygens (including phenoxy) is 1. The summed E-state index contributed by atoms with van der Waals surface area (Å²) in [7, 11) is 5.30. The van der Waals surface area contributed by atoms with Crippen molar-refractivity contribution in [2.75, 3.05) is 27.7 Å². The van der Waals surface area contributed by atoms with Crippen LogP contribution in [0.1, 0.15) is 27.7 Å². The van der Waals surface area contributed by atoms with Gasteiger partial charge in [0.05, 0.1) is 18.7 Å². The third-order valence-corrected chi connectivity index (χ3v) is 3.89. The second-order valence-electron chi connectivity index (χ2n) is 5.86. The van der Waals surface area contributed by atoms with E-state index in [0.29, 0.717) is 5.75 Å². The van der Waals surface area contributed by atoms with Crippen LogP contribution in [0.3, 0.4) is 0 Å². The Bertz CT molecular complexity index is 746. The fourth-order valence-corrected chi connectivity index (χ4v) is 2.50. The predicted octanol–water partition coefficient (Wildman–Crippen LogP) is 3.14. The van der Waals surface area contributed by atoms with Crippen LogP contribution in [0.2, 0.25) is 0 Å². The van der Waals surface area contributed by atoms with Crippen molar-refractivity contribution in [3.8, 4) is 5.75 Å². The summed E-state index contributed by atoms with van der Waals surface area (Å²) in [5.41, 5.74) is -0.0735. The molecule has 0 aliphatic heterocycles. The monoisotopic (exact) mass is 367 g/mol. The lowest BCUT2D eigenvalue weighted by atomic mass is 10.0. The number of carbonyl (C=O) groups is 1. The van der Waals surface area contributed by atoms with E-state index in [4.69, 9.17) is 4.74 Å². The fourth-order valence-electron chi connectivity index (χ4n) is 2.50. The van der Waals surface area contributed by atoms with Crippen LogP contribution in [0.15, 0.2) is 42.6 Å². The van der Waals surface area contributed by atoms with Gasteiger partial charge in [-0.25, -0.2) is 0 Å². The molecule has 26 heavy (non-hydrogen) atoms. The summed E-state index contributed by atoms with van der Waals surface area (Å²) in [4.78, 5) is 17.5. The molecule has 0 aliphatic rings. The topological polar surface area (TPSA) is 54.5 Å². The minimum absolute atomic E-state index is 0.0653. The van der Waals surface area contributed by atoms with Crippen LogP contribution in [0.5, 0.6) is 5.75 Å². The number of hydrogen-bond donors (Lipinski definition) is 1. The zero-order valence-corrected chi connectivity index (χ0v) is 14.7. The molecule has 1 aromatic carbocycles. The van der Waals surface area contributed by atoms with Crippen molar-refractivity contribution in [3.63, 3.8) is 0 Å². The summed E-state index contributed by atoms with van der Waals surface area (Å²) in [5, 5.41) is 2.73. The number of hydrogen-bond acceptors (Lipinski definition) is 4. The van der Waals surface area contributed by atoms with Crippen LogP contribution in [-0.2, 0) is 6.18 Å². The Morgan fingerprint density at radius 2 is 1.92 bits per heavy atom. The molecule has 0 bridgehead atoms. The van der Waals surface area contributed by atoms with E-state index >= 15 is 0 Å². The van der Waals surface area contributed by atoms with Crippen LogP contribution < -0.4 is 10.1 Å². The molecule has 1 aromatic heterocycles. The molecular formula is C18H20F3N3O2. The number of nitrogens with one attached hydrogen (secondary N) is 1. The van der Waals surface area contributed by atoms with Crippen LogP contribution >= 0.6 is 0 Å². The lowest BCUT2D eigenvalue weighted by Crippen LogP contribution is -2.34. The lowest BCUT2D eigenvalue weighted by Gasteiger charge is -2.26. The van der Waals surface area contributed by atoms with Crippen molar-refractivity contribution in [3.05, 3.63) is 59.4 Å². The highest BCUT2D eigenvalue weighted by molar-refractivity contribution is 5.93. The number of amides is 1. The van der Waals surface area contributed by atoms with Crippen molar-refractivity contribution in [2.24, 2.45) is 0 Å². The van der Waals surface area contributed by atoms with Gasteiger partial charge >= 0.3 is 6.18 Å². The summed E-state index contributed by atoms with van der Waals surface area (Å²) < 4.78 is 43.0. The van der Waals surface area contributed by atoms with Crippen molar-refractivity contribution in [1.29, 1.82) is 0 Å². The second kappa shape index (κ2) is 8.18. The van der Waals surface area contributed by atoms with Gasteiger partial charge in [0.25, 0.3) is 5.91 Å². The summed E-state index contributed by atoms with van der Waals surface area (Å²) in [5.74, 6) is 0.199. The predicted molar refractivity (Wildman–Crippen MR) is 91.0 cm³/mol. The van der Waals surface area contributed by atoms with Crippen LogP contribution in [0, 0.1) is 0 Å². The van der Waals surface area contributed by atoms with E-state index in [2.05, 4.69) is 10.3 Å². The van der Waals surface area contributed by atoms with Crippen LogP contribution in [-0.4, -0.2) is 43.5 Å². The molecule has 0 spiro atoms. The normalized spacial score (nSPS) is 12.7. The number of nitrogens with zero attached hydrogens (tertiary/aromatic N) is 2. The Hall–Kier alpha value is -2.61.